The van der Waals surface area contributed by atoms with E-state index in [1.54, 1.807) is 19.1 Å². The number of amides is 1. The van der Waals surface area contributed by atoms with Gasteiger partial charge in [0.2, 0.25) is 0 Å². The van der Waals surface area contributed by atoms with Crippen molar-refractivity contribution in [1.82, 2.24) is 10.3 Å². The summed E-state index contributed by atoms with van der Waals surface area (Å²) in [6.07, 6.45) is 0. The lowest BCUT2D eigenvalue weighted by atomic mass is 10.2. The second-order valence-corrected chi connectivity index (χ2v) is 4.80. The van der Waals surface area contributed by atoms with Crippen LogP contribution < -0.4 is 5.32 Å². The number of rotatable bonds is 3. The van der Waals surface area contributed by atoms with Crippen molar-refractivity contribution in [1.29, 1.82) is 0 Å². The van der Waals surface area contributed by atoms with Crippen LogP contribution in [0, 0.1) is 12.7 Å². The molecule has 2 aromatic rings. The van der Waals surface area contributed by atoms with Crippen LogP contribution in [-0.2, 0) is 0 Å². The standard InChI is InChI=1S/C13H13FN2OS/c1-3-15-12(17)11-8(2)16-13(18-11)9-5-4-6-10(14)7-9/h4-7H,3H2,1-2H3,(H,15,17). The van der Waals surface area contributed by atoms with Gasteiger partial charge in [0.15, 0.2) is 0 Å². The zero-order valence-electron chi connectivity index (χ0n) is 10.2. The van der Waals surface area contributed by atoms with E-state index >= 15 is 0 Å². The van der Waals surface area contributed by atoms with Crippen LogP contribution in [0.2, 0.25) is 0 Å². The normalized spacial score (nSPS) is 10.4. The number of aryl methyl sites for hydroxylation is 1. The molecule has 18 heavy (non-hydrogen) atoms. The molecule has 1 aromatic carbocycles. The molecular weight excluding hydrogens is 251 g/mol. The minimum Gasteiger partial charge on any atom is -0.352 e. The van der Waals surface area contributed by atoms with Gasteiger partial charge in [0, 0.05) is 12.1 Å². The number of halogens is 1. The van der Waals surface area contributed by atoms with Crippen LogP contribution in [0.5, 0.6) is 0 Å². The Labute approximate surface area is 109 Å². The predicted molar refractivity (Wildman–Crippen MR) is 70.3 cm³/mol. The summed E-state index contributed by atoms with van der Waals surface area (Å²) in [7, 11) is 0. The van der Waals surface area contributed by atoms with Crippen LogP contribution >= 0.6 is 11.3 Å². The third kappa shape index (κ3) is 2.56. The van der Waals surface area contributed by atoms with Gasteiger partial charge in [-0.3, -0.25) is 4.79 Å². The number of nitrogens with zero attached hydrogens (tertiary/aromatic N) is 1. The number of nitrogens with one attached hydrogen (secondary N) is 1. The highest BCUT2D eigenvalue weighted by atomic mass is 32.1. The first-order valence-electron chi connectivity index (χ1n) is 5.63. The summed E-state index contributed by atoms with van der Waals surface area (Å²) in [5, 5.41) is 3.40. The van der Waals surface area contributed by atoms with Crippen LogP contribution in [0.25, 0.3) is 10.6 Å². The summed E-state index contributed by atoms with van der Waals surface area (Å²) in [5.41, 5.74) is 1.36. The maximum atomic E-state index is 13.1. The Morgan fingerprint density at radius 2 is 2.28 bits per heavy atom. The topological polar surface area (TPSA) is 42.0 Å². The molecule has 94 valence electrons. The average Bonchev–Trinajstić information content (AvgIpc) is 2.72. The van der Waals surface area contributed by atoms with Crippen molar-refractivity contribution in [2.45, 2.75) is 13.8 Å². The van der Waals surface area contributed by atoms with Gasteiger partial charge in [-0.25, -0.2) is 9.37 Å². The average molecular weight is 264 g/mol. The number of hydrogen-bond donors (Lipinski definition) is 1. The van der Waals surface area contributed by atoms with Gasteiger partial charge < -0.3 is 5.32 Å². The molecule has 0 aliphatic carbocycles. The molecule has 0 atom stereocenters. The molecule has 0 fully saturated rings. The SMILES string of the molecule is CCNC(=O)c1sc(-c2cccc(F)c2)nc1C. The van der Waals surface area contributed by atoms with Crippen LogP contribution in [-0.4, -0.2) is 17.4 Å². The van der Waals surface area contributed by atoms with Gasteiger partial charge in [-0.15, -0.1) is 11.3 Å². The monoisotopic (exact) mass is 264 g/mol. The van der Waals surface area contributed by atoms with Crippen LogP contribution in [0.15, 0.2) is 24.3 Å². The molecule has 5 heteroatoms. The van der Waals surface area contributed by atoms with E-state index in [1.165, 1.54) is 23.5 Å². The van der Waals surface area contributed by atoms with Crippen molar-refractivity contribution in [2.75, 3.05) is 6.54 Å². The fourth-order valence-electron chi connectivity index (χ4n) is 1.59. The highest BCUT2D eigenvalue weighted by Gasteiger charge is 2.15. The molecule has 1 N–H and O–H groups in total. The first kappa shape index (κ1) is 12.7. The van der Waals surface area contributed by atoms with Crippen molar-refractivity contribution in [3.05, 3.63) is 40.7 Å². The van der Waals surface area contributed by atoms with Gasteiger partial charge in [0.1, 0.15) is 15.7 Å². The second kappa shape index (κ2) is 5.27. The third-order valence-electron chi connectivity index (χ3n) is 2.41. The molecule has 0 bridgehead atoms. The van der Waals surface area contributed by atoms with E-state index in [9.17, 15) is 9.18 Å². The van der Waals surface area contributed by atoms with E-state index in [4.69, 9.17) is 0 Å². The summed E-state index contributed by atoms with van der Waals surface area (Å²) in [5.74, 6) is -0.435. The zero-order valence-corrected chi connectivity index (χ0v) is 11.0. The predicted octanol–water partition coefficient (Wildman–Crippen LogP) is 3.01. The largest absolute Gasteiger partial charge is 0.352 e. The van der Waals surface area contributed by atoms with Gasteiger partial charge in [-0.1, -0.05) is 12.1 Å². The van der Waals surface area contributed by atoms with E-state index in [2.05, 4.69) is 10.3 Å². The molecule has 0 aliphatic rings. The first-order chi connectivity index (χ1) is 8.61. The molecule has 0 aliphatic heterocycles. The smallest absolute Gasteiger partial charge is 0.263 e. The summed E-state index contributed by atoms with van der Waals surface area (Å²) in [6, 6.07) is 6.21. The van der Waals surface area contributed by atoms with E-state index in [0.29, 0.717) is 27.7 Å². The molecule has 0 saturated heterocycles. The van der Waals surface area contributed by atoms with Crippen LogP contribution in [0.4, 0.5) is 4.39 Å². The zero-order chi connectivity index (χ0) is 13.1. The Morgan fingerprint density at radius 1 is 1.50 bits per heavy atom. The molecule has 1 aromatic heterocycles. The molecule has 3 nitrogen and oxygen atoms in total. The Hall–Kier alpha value is -1.75. The number of carbonyl (C=O) groups is 1. The molecular formula is C13H13FN2OS. The molecule has 2 rings (SSSR count). The number of benzene rings is 1. The molecule has 0 saturated carbocycles. The van der Waals surface area contributed by atoms with Crippen LogP contribution in [0.1, 0.15) is 22.3 Å². The Bertz CT molecular complexity index is 580. The minimum absolute atomic E-state index is 0.129. The third-order valence-corrected chi connectivity index (χ3v) is 3.62. The molecule has 0 unspecified atom stereocenters. The Balaban J connectivity index is 2.37. The fraction of sp³-hybridized carbons (Fsp3) is 0.231. The molecule has 0 radical (unpaired) electrons. The van der Waals surface area contributed by atoms with Gasteiger partial charge in [0.25, 0.3) is 5.91 Å². The lowest BCUT2D eigenvalue weighted by molar-refractivity contribution is 0.0959. The maximum Gasteiger partial charge on any atom is 0.263 e. The number of carbonyl (C=O) groups excluding carboxylic acids is 1. The van der Waals surface area contributed by atoms with E-state index < -0.39 is 0 Å². The Kier molecular flexibility index (Phi) is 3.72. The van der Waals surface area contributed by atoms with Gasteiger partial charge in [-0.2, -0.15) is 0 Å². The van der Waals surface area contributed by atoms with Crippen LogP contribution in [0.3, 0.4) is 0 Å². The van der Waals surface area contributed by atoms with Gasteiger partial charge >= 0.3 is 0 Å². The van der Waals surface area contributed by atoms with E-state index in [1.807, 2.05) is 6.92 Å². The minimum atomic E-state index is -0.306. The molecule has 1 heterocycles. The van der Waals surface area contributed by atoms with Crippen molar-refractivity contribution in [3.63, 3.8) is 0 Å². The van der Waals surface area contributed by atoms with Gasteiger partial charge in [0.05, 0.1) is 5.69 Å². The fourth-order valence-corrected chi connectivity index (χ4v) is 2.57. The van der Waals surface area contributed by atoms with Crippen molar-refractivity contribution in [2.24, 2.45) is 0 Å². The maximum absolute atomic E-state index is 13.1. The Morgan fingerprint density at radius 3 is 2.94 bits per heavy atom. The van der Waals surface area contributed by atoms with E-state index in [-0.39, 0.29) is 11.7 Å². The number of hydrogen-bond acceptors (Lipinski definition) is 3. The number of thiazole rings is 1. The highest BCUT2D eigenvalue weighted by Crippen LogP contribution is 2.28. The lowest BCUT2D eigenvalue weighted by Crippen LogP contribution is -2.22. The molecule has 1 amide bonds. The first-order valence-corrected chi connectivity index (χ1v) is 6.45. The summed E-state index contributed by atoms with van der Waals surface area (Å²) in [4.78, 5) is 16.7. The van der Waals surface area contributed by atoms with Crippen molar-refractivity contribution >= 4 is 17.2 Å². The van der Waals surface area contributed by atoms with Crippen molar-refractivity contribution in [3.8, 4) is 10.6 Å². The quantitative estimate of drug-likeness (QED) is 0.926. The highest BCUT2D eigenvalue weighted by molar-refractivity contribution is 7.17. The number of aromatic nitrogens is 1. The van der Waals surface area contributed by atoms with E-state index in [0.717, 1.165) is 0 Å². The summed E-state index contributed by atoms with van der Waals surface area (Å²) < 4.78 is 13.1. The summed E-state index contributed by atoms with van der Waals surface area (Å²) in [6.45, 7) is 4.22. The summed E-state index contributed by atoms with van der Waals surface area (Å²) >= 11 is 1.28. The second-order valence-electron chi connectivity index (χ2n) is 3.80. The van der Waals surface area contributed by atoms with Crippen molar-refractivity contribution < 1.29 is 9.18 Å². The molecule has 0 spiro atoms. The van der Waals surface area contributed by atoms with Gasteiger partial charge in [-0.05, 0) is 26.0 Å². The lowest BCUT2D eigenvalue weighted by Gasteiger charge is -1.98.